The van der Waals surface area contributed by atoms with E-state index >= 15 is 0 Å². The Kier molecular flexibility index (Phi) is 17.6. The normalized spacial score (nSPS) is 16.6. The zero-order valence-electron chi connectivity index (χ0n) is 15.8. The van der Waals surface area contributed by atoms with Gasteiger partial charge in [-0.25, -0.2) is 0 Å². The minimum Gasteiger partial charge on any atom is -0.396 e. The molecule has 7 heteroatoms. The van der Waals surface area contributed by atoms with Gasteiger partial charge >= 0.3 is 0 Å². The van der Waals surface area contributed by atoms with Crippen LogP contribution in [0.1, 0.15) is 52.4 Å². The van der Waals surface area contributed by atoms with Gasteiger partial charge in [0.25, 0.3) is 0 Å². The van der Waals surface area contributed by atoms with Gasteiger partial charge < -0.3 is 29.9 Å². The van der Waals surface area contributed by atoms with Gasteiger partial charge in [0, 0.05) is 36.9 Å². The summed E-state index contributed by atoms with van der Waals surface area (Å²) in [5, 5.41) is 38.7. The van der Waals surface area contributed by atoms with Crippen LogP contribution in [0, 0.1) is 0 Å². The molecule has 0 heterocycles. The topological polar surface area (TPSA) is 99.4 Å². The van der Waals surface area contributed by atoms with Crippen molar-refractivity contribution in [1.29, 1.82) is 0 Å². The fourth-order valence-electron chi connectivity index (χ4n) is 2.30. The molecule has 0 radical (unpaired) electrons. The Bertz CT molecular complexity index is 256. The molecule has 4 unspecified atom stereocenters. The number of aliphatic hydroxyl groups is 4. The van der Waals surface area contributed by atoms with E-state index in [4.69, 9.17) is 9.47 Å². The lowest BCUT2D eigenvalue weighted by Crippen LogP contribution is -2.36. The fourth-order valence-corrected chi connectivity index (χ4v) is 3.75. The molecule has 0 saturated heterocycles. The molecule has 0 bridgehead atoms. The first-order valence-electron chi connectivity index (χ1n) is 9.49. The van der Waals surface area contributed by atoms with Gasteiger partial charge in [0.15, 0.2) is 0 Å². The molecule has 25 heavy (non-hydrogen) atoms. The van der Waals surface area contributed by atoms with Crippen LogP contribution in [0.15, 0.2) is 0 Å². The third kappa shape index (κ3) is 13.0. The highest BCUT2D eigenvalue weighted by Gasteiger charge is 2.28. The van der Waals surface area contributed by atoms with Gasteiger partial charge in [-0.2, -0.15) is 0 Å². The van der Waals surface area contributed by atoms with Crippen LogP contribution in [0.5, 0.6) is 0 Å². The number of hydrogen-bond donors (Lipinski definition) is 4. The molecule has 0 amide bonds. The van der Waals surface area contributed by atoms with Gasteiger partial charge in [0.1, 0.15) is 0 Å². The largest absolute Gasteiger partial charge is 0.396 e. The molecule has 0 aromatic rings. The smallest absolute Gasteiger partial charge is 0.0892 e. The molecule has 4 N–H and O–H groups in total. The lowest BCUT2D eigenvalue weighted by Gasteiger charge is -2.29. The van der Waals surface area contributed by atoms with Crippen molar-refractivity contribution in [3.63, 3.8) is 0 Å². The van der Waals surface area contributed by atoms with Crippen molar-refractivity contribution >= 4 is 11.8 Å². The van der Waals surface area contributed by atoms with Crippen molar-refractivity contribution < 1.29 is 29.9 Å². The molecule has 0 aliphatic rings. The Labute approximate surface area is 156 Å². The van der Waals surface area contributed by atoms with Crippen molar-refractivity contribution in [3.05, 3.63) is 0 Å². The summed E-state index contributed by atoms with van der Waals surface area (Å²) in [5.41, 5.74) is 0. The summed E-state index contributed by atoms with van der Waals surface area (Å²) in [6.45, 7) is 5.72. The van der Waals surface area contributed by atoms with Gasteiger partial charge in [-0.1, -0.05) is 26.7 Å². The van der Waals surface area contributed by atoms with Crippen LogP contribution in [0.3, 0.4) is 0 Å². The number of ether oxygens (including phenoxy) is 2. The first kappa shape index (κ1) is 25.1. The van der Waals surface area contributed by atoms with Crippen LogP contribution in [-0.2, 0) is 9.47 Å². The zero-order valence-corrected chi connectivity index (χ0v) is 16.6. The third-order valence-corrected chi connectivity index (χ3v) is 5.70. The Hall–Kier alpha value is 0.110. The van der Waals surface area contributed by atoms with E-state index in [0.717, 1.165) is 25.7 Å². The molecule has 0 aromatic carbocycles. The maximum atomic E-state index is 10.4. The van der Waals surface area contributed by atoms with Crippen LogP contribution < -0.4 is 0 Å². The van der Waals surface area contributed by atoms with Crippen molar-refractivity contribution in [2.75, 3.05) is 39.6 Å². The van der Waals surface area contributed by atoms with Gasteiger partial charge in [0.05, 0.1) is 25.4 Å². The number of aliphatic hydroxyl groups excluding tert-OH is 4. The van der Waals surface area contributed by atoms with Crippen molar-refractivity contribution in [2.24, 2.45) is 0 Å². The second kappa shape index (κ2) is 17.5. The van der Waals surface area contributed by atoms with Crippen molar-refractivity contribution in [2.45, 2.75) is 75.1 Å². The predicted molar refractivity (Wildman–Crippen MR) is 102 cm³/mol. The summed E-state index contributed by atoms with van der Waals surface area (Å²) in [5.74, 6) is 0. The molecular weight excluding hydrogens is 344 g/mol. The third-order valence-electron chi connectivity index (χ3n) is 3.90. The summed E-state index contributed by atoms with van der Waals surface area (Å²) >= 11 is 1.40. The van der Waals surface area contributed by atoms with E-state index in [1.54, 1.807) is 0 Å². The standard InChI is InChI=1S/C18H38O6S/c1-3-5-11-23-13-15(21)17(7-9-19)25-18(8-10-20)16(22)14-24-12-6-4-2/h15-22H,3-14H2,1-2H3. The number of rotatable bonds is 18. The van der Waals surface area contributed by atoms with Crippen molar-refractivity contribution in [1.82, 2.24) is 0 Å². The van der Waals surface area contributed by atoms with Crippen LogP contribution in [0.25, 0.3) is 0 Å². The van der Waals surface area contributed by atoms with Crippen LogP contribution >= 0.6 is 11.8 Å². The molecule has 0 aliphatic heterocycles. The van der Waals surface area contributed by atoms with Gasteiger partial charge in [-0.3, -0.25) is 0 Å². The Balaban J connectivity index is 4.49. The highest BCUT2D eigenvalue weighted by Crippen LogP contribution is 2.28. The molecule has 152 valence electrons. The number of unbranched alkanes of at least 4 members (excludes halogenated alkanes) is 2. The summed E-state index contributed by atoms with van der Waals surface area (Å²) in [7, 11) is 0. The van der Waals surface area contributed by atoms with E-state index < -0.39 is 12.2 Å². The lowest BCUT2D eigenvalue weighted by molar-refractivity contribution is 0.0268. The lowest BCUT2D eigenvalue weighted by atomic mass is 10.2. The number of thioether (sulfide) groups is 1. The second-order valence-electron chi connectivity index (χ2n) is 6.23. The Morgan fingerprint density at radius 3 is 1.48 bits per heavy atom. The quantitative estimate of drug-likeness (QED) is 0.267. The van der Waals surface area contributed by atoms with Crippen LogP contribution in [0.4, 0.5) is 0 Å². The molecule has 0 fully saturated rings. The Morgan fingerprint density at radius 2 is 1.16 bits per heavy atom. The van der Waals surface area contributed by atoms with Crippen LogP contribution in [0.2, 0.25) is 0 Å². The maximum absolute atomic E-state index is 10.4. The molecule has 0 aromatic heterocycles. The first-order valence-corrected chi connectivity index (χ1v) is 10.4. The highest BCUT2D eigenvalue weighted by atomic mass is 32.2. The summed E-state index contributed by atoms with van der Waals surface area (Å²) in [6, 6.07) is 0. The minimum absolute atomic E-state index is 0.0430. The molecule has 0 saturated carbocycles. The SMILES string of the molecule is CCCCOCC(O)C(CCO)SC(CCO)C(O)COCCCC. The van der Waals surface area contributed by atoms with Crippen molar-refractivity contribution in [3.8, 4) is 0 Å². The average molecular weight is 383 g/mol. The van der Waals surface area contributed by atoms with E-state index in [2.05, 4.69) is 13.8 Å². The predicted octanol–water partition coefficient (Wildman–Crippen LogP) is 1.58. The van der Waals surface area contributed by atoms with Gasteiger partial charge in [0.2, 0.25) is 0 Å². The van der Waals surface area contributed by atoms with E-state index in [1.807, 2.05) is 0 Å². The summed E-state index contributed by atoms with van der Waals surface area (Å²) in [4.78, 5) is 0. The molecule has 0 rings (SSSR count). The van der Waals surface area contributed by atoms with Crippen LogP contribution in [-0.4, -0.2) is 82.8 Å². The van der Waals surface area contributed by atoms with Gasteiger partial charge in [-0.15, -0.1) is 11.8 Å². The average Bonchev–Trinajstić information content (AvgIpc) is 2.61. The summed E-state index contributed by atoms with van der Waals surface area (Å²) < 4.78 is 11.0. The maximum Gasteiger partial charge on any atom is 0.0892 e. The first-order chi connectivity index (χ1) is 12.1. The monoisotopic (exact) mass is 382 g/mol. The van der Waals surface area contributed by atoms with E-state index in [-0.39, 0.29) is 36.9 Å². The Morgan fingerprint density at radius 1 is 0.760 bits per heavy atom. The van der Waals surface area contributed by atoms with Gasteiger partial charge in [-0.05, 0) is 25.7 Å². The summed E-state index contributed by atoms with van der Waals surface area (Å²) in [6.07, 6.45) is 3.35. The minimum atomic E-state index is -0.719. The zero-order chi connectivity index (χ0) is 18.9. The molecular formula is C18H38O6S. The van der Waals surface area contributed by atoms with E-state index in [9.17, 15) is 20.4 Å². The molecule has 0 spiro atoms. The molecule has 4 atom stereocenters. The number of hydrogen-bond acceptors (Lipinski definition) is 7. The van der Waals surface area contributed by atoms with E-state index in [0.29, 0.717) is 26.1 Å². The fraction of sp³-hybridized carbons (Fsp3) is 1.00. The highest BCUT2D eigenvalue weighted by molar-refractivity contribution is 8.00. The second-order valence-corrected chi connectivity index (χ2v) is 7.71. The molecule has 6 nitrogen and oxygen atoms in total. The van der Waals surface area contributed by atoms with E-state index in [1.165, 1.54) is 11.8 Å². The molecule has 0 aliphatic carbocycles.